The SMILES string of the molecule is CNCc1c(OCCCC(F)(F)F)ccc2ccccc12. The van der Waals surface area contributed by atoms with E-state index in [4.69, 9.17) is 4.74 Å². The average Bonchev–Trinajstić information content (AvgIpc) is 2.44. The van der Waals surface area contributed by atoms with E-state index < -0.39 is 12.6 Å². The summed E-state index contributed by atoms with van der Waals surface area (Å²) >= 11 is 0. The average molecular weight is 297 g/mol. The minimum absolute atomic E-state index is 0.0324. The minimum Gasteiger partial charge on any atom is -0.493 e. The van der Waals surface area contributed by atoms with E-state index in [-0.39, 0.29) is 13.0 Å². The van der Waals surface area contributed by atoms with Gasteiger partial charge in [-0.25, -0.2) is 0 Å². The van der Waals surface area contributed by atoms with E-state index in [0.29, 0.717) is 12.3 Å². The largest absolute Gasteiger partial charge is 0.493 e. The van der Waals surface area contributed by atoms with Crippen molar-refractivity contribution in [2.24, 2.45) is 0 Å². The molecule has 0 aliphatic rings. The third-order valence-corrected chi connectivity index (χ3v) is 3.21. The molecule has 0 aromatic heterocycles. The Morgan fingerprint density at radius 2 is 1.86 bits per heavy atom. The molecule has 0 amide bonds. The van der Waals surface area contributed by atoms with Gasteiger partial charge in [-0.3, -0.25) is 0 Å². The van der Waals surface area contributed by atoms with Gasteiger partial charge in [0.25, 0.3) is 0 Å². The molecule has 0 unspecified atom stereocenters. The fraction of sp³-hybridized carbons (Fsp3) is 0.375. The van der Waals surface area contributed by atoms with E-state index in [1.54, 1.807) is 0 Å². The molecule has 0 heterocycles. The zero-order valence-electron chi connectivity index (χ0n) is 11.8. The van der Waals surface area contributed by atoms with E-state index >= 15 is 0 Å². The number of nitrogens with one attached hydrogen (secondary N) is 1. The molecular formula is C16H18F3NO. The number of ether oxygens (including phenoxy) is 1. The predicted molar refractivity (Wildman–Crippen MR) is 77.5 cm³/mol. The summed E-state index contributed by atoms with van der Waals surface area (Å²) in [6.45, 7) is 0.671. The smallest absolute Gasteiger partial charge is 0.389 e. The van der Waals surface area contributed by atoms with Crippen LogP contribution in [0, 0.1) is 0 Å². The number of alkyl halides is 3. The van der Waals surface area contributed by atoms with Crippen molar-refractivity contribution in [3.05, 3.63) is 42.0 Å². The van der Waals surface area contributed by atoms with Gasteiger partial charge in [0.15, 0.2) is 0 Å². The van der Waals surface area contributed by atoms with Gasteiger partial charge >= 0.3 is 6.18 Å². The monoisotopic (exact) mass is 297 g/mol. The lowest BCUT2D eigenvalue weighted by Crippen LogP contribution is -2.11. The molecule has 0 atom stereocenters. The Morgan fingerprint density at radius 1 is 1.10 bits per heavy atom. The van der Waals surface area contributed by atoms with Crippen LogP contribution in [0.5, 0.6) is 5.75 Å². The number of fused-ring (bicyclic) bond motifs is 1. The summed E-state index contributed by atoms with van der Waals surface area (Å²) in [7, 11) is 1.83. The van der Waals surface area contributed by atoms with Crippen molar-refractivity contribution in [2.45, 2.75) is 25.6 Å². The van der Waals surface area contributed by atoms with Crippen molar-refractivity contribution in [3.63, 3.8) is 0 Å². The van der Waals surface area contributed by atoms with Crippen LogP contribution >= 0.6 is 0 Å². The van der Waals surface area contributed by atoms with Crippen LogP contribution in [0.25, 0.3) is 10.8 Å². The zero-order valence-corrected chi connectivity index (χ0v) is 11.8. The molecule has 0 saturated carbocycles. The molecule has 2 aromatic carbocycles. The van der Waals surface area contributed by atoms with E-state index in [9.17, 15) is 13.2 Å². The zero-order chi connectivity index (χ0) is 15.3. The first-order chi connectivity index (χ1) is 10.0. The van der Waals surface area contributed by atoms with Gasteiger partial charge in [0.2, 0.25) is 0 Å². The molecule has 2 nitrogen and oxygen atoms in total. The summed E-state index contributed by atoms with van der Waals surface area (Å²) in [4.78, 5) is 0. The van der Waals surface area contributed by atoms with Crippen LogP contribution in [0.1, 0.15) is 18.4 Å². The van der Waals surface area contributed by atoms with Crippen LogP contribution in [0.15, 0.2) is 36.4 Å². The molecule has 0 saturated heterocycles. The van der Waals surface area contributed by atoms with E-state index in [0.717, 1.165) is 16.3 Å². The van der Waals surface area contributed by atoms with Crippen molar-refractivity contribution in [1.82, 2.24) is 5.32 Å². The molecule has 2 aromatic rings. The first-order valence-electron chi connectivity index (χ1n) is 6.86. The highest BCUT2D eigenvalue weighted by atomic mass is 19.4. The Labute approximate surface area is 121 Å². The maximum Gasteiger partial charge on any atom is 0.389 e. The first kappa shape index (κ1) is 15.6. The molecule has 0 aliphatic heterocycles. The standard InChI is InChI=1S/C16H18F3NO/c1-20-11-14-13-6-3-2-5-12(13)7-8-15(14)21-10-4-9-16(17,18)19/h2-3,5-8,20H,4,9-11H2,1H3. The second-order valence-electron chi connectivity index (χ2n) is 4.86. The van der Waals surface area contributed by atoms with Crippen molar-refractivity contribution in [1.29, 1.82) is 0 Å². The Hall–Kier alpha value is -1.75. The molecule has 0 fully saturated rings. The highest BCUT2D eigenvalue weighted by Gasteiger charge is 2.26. The minimum atomic E-state index is -4.12. The summed E-state index contributed by atoms with van der Waals surface area (Å²) in [5.74, 6) is 0.644. The van der Waals surface area contributed by atoms with E-state index in [1.165, 1.54) is 0 Å². The van der Waals surface area contributed by atoms with Gasteiger partial charge in [-0.1, -0.05) is 30.3 Å². The third-order valence-electron chi connectivity index (χ3n) is 3.21. The van der Waals surface area contributed by atoms with Gasteiger partial charge < -0.3 is 10.1 Å². The fourth-order valence-corrected chi connectivity index (χ4v) is 2.27. The second kappa shape index (κ2) is 6.80. The van der Waals surface area contributed by atoms with Gasteiger partial charge in [-0.15, -0.1) is 0 Å². The summed E-state index contributed by atoms with van der Waals surface area (Å²) in [6, 6.07) is 11.6. The summed E-state index contributed by atoms with van der Waals surface area (Å²) in [6.07, 6.45) is -4.97. The van der Waals surface area contributed by atoms with Crippen LogP contribution in [-0.2, 0) is 6.54 Å². The fourth-order valence-electron chi connectivity index (χ4n) is 2.27. The molecule has 0 aliphatic carbocycles. The molecule has 5 heteroatoms. The summed E-state index contributed by atoms with van der Waals surface area (Å²) < 4.78 is 41.9. The quantitative estimate of drug-likeness (QED) is 0.804. The Bertz CT molecular complexity index is 596. The first-order valence-corrected chi connectivity index (χ1v) is 6.86. The van der Waals surface area contributed by atoms with Gasteiger partial charge in [-0.05, 0) is 30.3 Å². The number of rotatable bonds is 6. The highest BCUT2D eigenvalue weighted by molar-refractivity contribution is 5.87. The molecule has 21 heavy (non-hydrogen) atoms. The third kappa shape index (κ3) is 4.36. The van der Waals surface area contributed by atoms with Crippen LogP contribution in [0.3, 0.4) is 0 Å². The second-order valence-corrected chi connectivity index (χ2v) is 4.86. The summed E-state index contributed by atoms with van der Waals surface area (Å²) in [5, 5.41) is 5.22. The van der Waals surface area contributed by atoms with E-state index in [1.807, 2.05) is 43.4 Å². The van der Waals surface area contributed by atoms with Gasteiger partial charge in [0, 0.05) is 18.5 Å². The van der Waals surface area contributed by atoms with Crippen molar-refractivity contribution in [2.75, 3.05) is 13.7 Å². The Kier molecular flexibility index (Phi) is 5.07. The van der Waals surface area contributed by atoms with Gasteiger partial charge in [-0.2, -0.15) is 13.2 Å². The number of halogens is 3. The summed E-state index contributed by atoms with van der Waals surface area (Å²) in [5.41, 5.74) is 0.975. The predicted octanol–water partition coefficient (Wildman–Crippen LogP) is 4.28. The van der Waals surface area contributed by atoms with Crippen LogP contribution in [0.2, 0.25) is 0 Å². The van der Waals surface area contributed by atoms with Gasteiger partial charge in [0.05, 0.1) is 6.61 Å². The number of benzene rings is 2. The molecule has 1 N–H and O–H groups in total. The highest BCUT2D eigenvalue weighted by Crippen LogP contribution is 2.28. The lowest BCUT2D eigenvalue weighted by atomic mass is 10.0. The van der Waals surface area contributed by atoms with Gasteiger partial charge in [0.1, 0.15) is 5.75 Å². The molecule has 2 rings (SSSR count). The molecule has 114 valence electrons. The Morgan fingerprint density at radius 3 is 2.57 bits per heavy atom. The van der Waals surface area contributed by atoms with Crippen LogP contribution in [0.4, 0.5) is 13.2 Å². The number of hydrogen-bond donors (Lipinski definition) is 1. The molecule has 0 spiro atoms. The van der Waals surface area contributed by atoms with Crippen LogP contribution in [-0.4, -0.2) is 19.8 Å². The maximum absolute atomic E-state index is 12.1. The molecular weight excluding hydrogens is 279 g/mol. The maximum atomic E-state index is 12.1. The molecule has 0 radical (unpaired) electrons. The normalized spacial score (nSPS) is 11.8. The van der Waals surface area contributed by atoms with Crippen molar-refractivity contribution in [3.8, 4) is 5.75 Å². The lowest BCUT2D eigenvalue weighted by molar-refractivity contribution is -0.136. The van der Waals surface area contributed by atoms with Crippen molar-refractivity contribution >= 4 is 10.8 Å². The van der Waals surface area contributed by atoms with Crippen molar-refractivity contribution < 1.29 is 17.9 Å². The molecule has 0 bridgehead atoms. The van der Waals surface area contributed by atoms with Crippen LogP contribution < -0.4 is 10.1 Å². The number of hydrogen-bond acceptors (Lipinski definition) is 2. The topological polar surface area (TPSA) is 21.3 Å². The Balaban J connectivity index is 2.13. The lowest BCUT2D eigenvalue weighted by Gasteiger charge is -2.14. The van der Waals surface area contributed by atoms with E-state index in [2.05, 4.69) is 5.32 Å².